The first-order valence-corrected chi connectivity index (χ1v) is 11.5. The molecule has 0 unspecified atom stereocenters. The fourth-order valence-corrected chi connectivity index (χ4v) is 4.66. The molecule has 33 heavy (non-hydrogen) atoms. The van der Waals surface area contributed by atoms with Gasteiger partial charge in [0.1, 0.15) is 0 Å². The largest absolute Gasteiger partial charge is 0.452 e. The number of hydrogen-bond acceptors (Lipinski definition) is 4. The summed E-state index contributed by atoms with van der Waals surface area (Å²) in [6.07, 6.45) is 5.46. The van der Waals surface area contributed by atoms with Crippen LogP contribution in [0.5, 0.6) is 0 Å². The van der Waals surface area contributed by atoms with Gasteiger partial charge in [-0.05, 0) is 35.7 Å². The Labute approximate surface area is 192 Å². The average Bonchev–Trinajstić information content (AvgIpc) is 2.87. The van der Waals surface area contributed by atoms with E-state index in [9.17, 15) is 9.59 Å². The molecule has 1 amide bonds. The van der Waals surface area contributed by atoms with Crippen molar-refractivity contribution >= 4 is 33.6 Å². The van der Waals surface area contributed by atoms with Gasteiger partial charge in [-0.1, -0.05) is 79.9 Å². The van der Waals surface area contributed by atoms with Gasteiger partial charge >= 0.3 is 5.97 Å². The molecule has 0 saturated heterocycles. The third kappa shape index (κ3) is 4.58. The molecule has 0 spiro atoms. The molecule has 1 aromatic heterocycles. The fraction of sp³-hybridized carbons (Fsp3) is 0.250. The summed E-state index contributed by atoms with van der Waals surface area (Å²) in [5, 5.41) is 5.87. The summed E-state index contributed by atoms with van der Waals surface area (Å²) in [7, 11) is 0. The molecule has 1 fully saturated rings. The maximum atomic E-state index is 13.1. The van der Waals surface area contributed by atoms with Gasteiger partial charge in [-0.25, -0.2) is 9.78 Å². The van der Waals surface area contributed by atoms with Crippen molar-refractivity contribution in [2.45, 2.75) is 38.1 Å². The first-order chi connectivity index (χ1) is 16.2. The van der Waals surface area contributed by atoms with E-state index in [0.29, 0.717) is 22.2 Å². The van der Waals surface area contributed by atoms with E-state index in [0.717, 1.165) is 42.0 Å². The molecule has 166 valence electrons. The number of pyridine rings is 1. The Balaban J connectivity index is 1.43. The van der Waals surface area contributed by atoms with E-state index in [1.54, 1.807) is 6.07 Å². The molecule has 5 heteroatoms. The van der Waals surface area contributed by atoms with E-state index in [2.05, 4.69) is 23.5 Å². The Morgan fingerprint density at radius 3 is 2.45 bits per heavy atom. The van der Waals surface area contributed by atoms with E-state index in [-0.39, 0.29) is 18.6 Å². The van der Waals surface area contributed by atoms with E-state index in [1.807, 2.05) is 48.5 Å². The van der Waals surface area contributed by atoms with Crippen LogP contribution in [-0.2, 0) is 9.53 Å². The highest BCUT2D eigenvalue weighted by molar-refractivity contribution is 6.06. The molecule has 3 aromatic carbocycles. The van der Waals surface area contributed by atoms with Crippen molar-refractivity contribution in [3.8, 4) is 11.3 Å². The van der Waals surface area contributed by atoms with Crippen LogP contribution in [0.3, 0.4) is 0 Å². The number of hydrogen-bond donors (Lipinski definition) is 1. The number of ether oxygens (including phenoxy) is 1. The summed E-state index contributed by atoms with van der Waals surface area (Å²) in [5.41, 5.74) is 2.77. The Morgan fingerprint density at radius 1 is 0.879 bits per heavy atom. The van der Waals surface area contributed by atoms with Gasteiger partial charge in [0, 0.05) is 17.0 Å². The quantitative estimate of drug-likeness (QED) is 0.408. The van der Waals surface area contributed by atoms with E-state index < -0.39 is 5.97 Å². The van der Waals surface area contributed by atoms with Crippen LogP contribution in [-0.4, -0.2) is 29.5 Å². The van der Waals surface area contributed by atoms with Crippen LogP contribution in [0, 0.1) is 0 Å². The third-order valence-corrected chi connectivity index (χ3v) is 6.31. The smallest absolute Gasteiger partial charge is 0.339 e. The Morgan fingerprint density at radius 2 is 1.61 bits per heavy atom. The summed E-state index contributed by atoms with van der Waals surface area (Å²) >= 11 is 0. The molecule has 1 heterocycles. The zero-order valence-corrected chi connectivity index (χ0v) is 18.4. The standard InChI is InChI=1S/C28H26N2O3/c31-27(29-20-11-2-1-3-12-20)18-33-28(32)24-17-26(30-25-16-7-6-14-23(24)25)22-15-8-10-19-9-4-5-13-21(19)22/h4-10,13-17,20H,1-3,11-12,18H2,(H,29,31). The van der Waals surface area contributed by atoms with E-state index >= 15 is 0 Å². The van der Waals surface area contributed by atoms with Gasteiger partial charge in [0.15, 0.2) is 6.61 Å². The van der Waals surface area contributed by atoms with Crippen molar-refractivity contribution in [3.05, 3.63) is 78.4 Å². The number of nitrogens with zero attached hydrogens (tertiary/aromatic N) is 1. The molecule has 0 aliphatic heterocycles. The van der Waals surface area contributed by atoms with Crippen LogP contribution in [0.1, 0.15) is 42.5 Å². The van der Waals surface area contributed by atoms with Crippen molar-refractivity contribution in [3.63, 3.8) is 0 Å². The number of carbonyl (C=O) groups is 2. The minimum absolute atomic E-state index is 0.185. The number of benzene rings is 3. The van der Waals surface area contributed by atoms with Crippen LogP contribution < -0.4 is 5.32 Å². The molecule has 1 N–H and O–H groups in total. The predicted molar refractivity (Wildman–Crippen MR) is 130 cm³/mol. The number of nitrogens with one attached hydrogen (secondary N) is 1. The van der Waals surface area contributed by atoms with Crippen molar-refractivity contribution < 1.29 is 14.3 Å². The molecule has 1 aliphatic carbocycles. The Kier molecular flexibility index (Phi) is 6.03. The van der Waals surface area contributed by atoms with Crippen LogP contribution in [0.2, 0.25) is 0 Å². The summed E-state index contributed by atoms with van der Waals surface area (Å²) in [5.74, 6) is -0.767. The number of rotatable bonds is 5. The summed E-state index contributed by atoms with van der Waals surface area (Å²) < 4.78 is 5.44. The minimum Gasteiger partial charge on any atom is -0.452 e. The molecule has 0 radical (unpaired) electrons. The molecule has 0 atom stereocenters. The topological polar surface area (TPSA) is 68.3 Å². The predicted octanol–water partition coefficient (Wildman–Crippen LogP) is 5.66. The number of esters is 1. The second-order valence-corrected chi connectivity index (χ2v) is 8.58. The zero-order chi connectivity index (χ0) is 22.6. The number of aromatic nitrogens is 1. The molecule has 5 rings (SSSR count). The lowest BCUT2D eigenvalue weighted by atomic mass is 9.95. The molecule has 1 aliphatic rings. The summed E-state index contributed by atoms with van der Waals surface area (Å²) in [6, 6.07) is 23.6. The molecular weight excluding hydrogens is 412 g/mol. The first kappa shape index (κ1) is 21.1. The summed E-state index contributed by atoms with van der Waals surface area (Å²) in [4.78, 5) is 30.2. The zero-order valence-electron chi connectivity index (χ0n) is 18.4. The lowest BCUT2D eigenvalue weighted by Gasteiger charge is -2.22. The maximum Gasteiger partial charge on any atom is 0.339 e. The van der Waals surface area contributed by atoms with Gasteiger partial charge in [0.2, 0.25) is 0 Å². The molecular formula is C28H26N2O3. The fourth-order valence-electron chi connectivity index (χ4n) is 4.66. The van der Waals surface area contributed by atoms with Crippen molar-refractivity contribution in [1.82, 2.24) is 10.3 Å². The summed E-state index contributed by atoms with van der Waals surface area (Å²) in [6.45, 7) is -0.282. The van der Waals surface area contributed by atoms with E-state index in [1.165, 1.54) is 6.42 Å². The first-order valence-electron chi connectivity index (χ1n) is 11.5. The highest BCUT2D eigenvalue weighted by Crippen LogP contribution is 2.30. The van der Waals surface area contributed by atoms with Gasteiger partial charge in [0.25, 0.3) is 5.91 Å². The van der Waals surface area contributed by atoms with Gasteiger partial charge < -0.3 is 10.1 Å². The van der Waals surface area contributed by atoms with Crippen molar-refractivity contribution in [1.29, 1.82) is 0 Å². The van der Waals surface area contributed by atoms with Crippen LogP contribution in [0.15, 0.2) is 72.8 Å². The van der Waals surface area contributed by atoms with Gasteiger partial charge in [-0.15, -0.1) is 0 Å². The van der Waals surface area contributed by atoms with Crippen molar-refractivity contribution in [2.24, 2.45) is 0 Å². The minimum atomic E-state index is -0.520. The molecule has 1 saturated carbocycles. The van der Waals surface area contributed by atoms with E-state index in [4.69, 9.17) is 9.72 Å². The third-order valence-electron chi connectivity index (χ3n) is 6.31. The average molecular weight is 439 g/mol. The molecule has 4 aromatic rings. The highest BCUT2D eigenvalue weighted by Gasteiger charge is 2.19. The highest BCUT2D eigenvalue weighted by atomic mass is 16.5. The lowest BCUT2D eigenvalue weighted by molar-refractivity contribution is -0.125. The Hall–Kier alpha value is -3.73. The van der Waals surface area contributed by atoms with Gasteiger partial charge in [-0.3, -0.25) is 4.79 Å². The number of fused-ring (bicyclic) bond motifs is 2. The second-order valence-electron chi connectivity index (χ2n) is 8.58. The van der Waals surface area contributed by atoms with Crippen molar-refractivity contribution in [2.75, 3.05) is 6.61 Å². The lowest BCUT2D eigenvalue weighted by Crippen LogP contribution is -2.38. The molecule has 0 bridgehead atoms. The SMILES string of the molecule is O=C(COC(=O)c1cc(-c2cccc3ccccc23)nc2ccccc12)NC1CCCCC1. The maximum absolute atomic E-state index is 13.1. The van der Waals surface area contributed by atoms with Crippen LogP contribution >= 0.6 is 0 Å². The van der Waals surface area contributed by atoms with Gasteiger partial charge in [0.05, 0.1) is 16.8 Å². The number of amides is 1. The second kappa shape index (κ2) is 9.41. The van der Waals surface area contributed by atoms with Gasteiger partial charge in [-0.2, -0.15) is 0 Å². The normalized spacial score (nSPS) is 14.3. The van der Waals surface area contributed by atoms with Crippen LogP contribution in [0.25, 0.3) is 32.9 Å². The number of para-hydroxylation sites is 1. The number of carbonyl (C=O) groups excluding carboxylic acids is 2. The Bertz CT molecular complexity index is 1320. The monoisotopic (exact) mass is 438 g/mol. The van der Waals surface area contributed by atoms with Crippen LogP contribution in [0.4, 0.5) is 0 Å². The molecule has 5 nitrogen and oxygen atoms in total.